The third-order valence-corrected chi connectivity index (χ3v) is 4.85. The van der Waals surface area contributed by atoms with Gasteiger partial charge in [0.05, 0.1) is 0 Å². The zero-order chi connectivity index (χ0) is 16.0. The maximum atomic E-state index is 5.88. The maximum Gasteiger partial charge on any atom is 0.0168 e. The molecular formula is C17H38N4. The second-order valence-corrected chi connectivity index (χ2v) is 7.47. The first kappa shape index (κ1) is 18.9. The van der Waals surface area contributed by atoms with Crippen LogP contribution in [0.4, 0.5) is 0 Å². The number of nitrogens with zero attached hydrogens (tertiary/aromatic N) is 2. The molecule has 0 amide bonds. The van der Waals surface area contributed by atoms with Crippen molar-refractivity contribution in [3.63, 3.8) is 0 Å². The van der Waals surface area contributed by atoms with Gasteiger partial charge < -0.3 is 11.5 Å². The first-order valence-electron chi connectivity index (χ1n) is 8.82. The van der Waals surface area contributed by atoms with E-state index in [1.54, 1.807) is 0 Å². The zero-order valence-electron chi connectivity index (χ0n) is 14.9. The first-order chi connectivity index (χ1) is 9.81. The molecule has 0 aromatic rings. The van der Waals surface area contributed by atoms with Crippen LogP contribution >= 0.6 is 0 Å². The Bertz CT molecular complexity index is 280. The first-order valence-corrected chi connectivity index (χ1v) is 8.82. The summed E-state index contributed by atoms with van der Waals surface area (Å²) in [5.41, 5.74) is 11.7. The van der Waals surface area contributed by atoms with Crippen molar-refractivity contribution in [3.05, 3.63) is 0 Å². The van der Waals surface area contributed by atoms with E-state index in [-0.39, 0.29) is 0 Å². The Morgan fingerprint density at radius 3 is 1.90 bits per heavy atom. The topological polar surface area (TPSA) is 58.5 Å². The summed E-state index contributed by atoms with van der Waals surface area (Å²) in [4.78, 5) is 4.95. The Labute approximate surface area is 132 Å². The molecule has 4 nitrogen and oxygen atoms in total. The van der Waals surface area contributed by atoms with Gasteiger partial charge in [0.15, 0.2) is 0 Å². The van der Waals surface area contributed by atoms with Gasteiger partial charge in [0.25, 0.3) is 0 Å². The molecule has 0 aliphatic carbocycles. The molecule has 2 aliphatic heterocycles. The largest absolute Gasteiger partial charge is 0.327 e. The number of likely N-dealkylation sites (tertiary alicyclic amines) is 2. The molecule has 0 aromatic carbocycles. The highest BCUT2D eigenvalue weighted by molar-refractivity contribution is 4.82. The molecule has 0 radical (unpaired) electrons. The van der Waals surface area contributed by atoms with Gasteiger partial charge in [-0.1, -0.05) is 0 Å². The van der Waals surface area contributed by atoms with E-state index < -0.39 is 0 Å². The van der Waals surface area contributed by atoms with Gasteiger partial charge in [0, 0.05) is 43.3 Å². The van der Waals surface area contributed by atoms with Crippen molar-refractivity contribution in [1.82, 2.24) is 9.80 Å². The minimum absolute atomic E-state index is 0.411. The average molecular weight is 299 g/mol. The van der Waals surface area contributed by atoms with Crippen molar-refractivity contribution in [2.75, 3.05) is 19.6 Å². The number of piperidine rings is 2. The van der Waals surface area contributed by atoms with Crippen LogP contribution in [-0.2, 0) is 0 Å². The standard InChI is InChI=1S/C9H20N2.C8H18N2/c1-7(2)11-6-9(10)5-4-8(11)3;1-7(2)10-5-3-4-8(9)6-10/h7-9H,4-6,10H2,1-3H3;7-8H,3-6,9H2,1-2H3. The molecule has 0 aromatic heterocycles. The number of rotatable bonds is 2. The van der Waals surface area contributed by atoms with Crippen LogP contribution in [-0.4, -0.2) is 59.6 Å². The minimum Gasteiger partial charge on any atom is -0.327 e. The molecule has 4 heteroatoms. The molecule has 3 unspecified atom stereocenters. The monoisotopic (exact) mass is 298 g/mol. The number of hydrogen-bond acceptors (Lipinski definition) is 4. The van der Waals surface area contributed by atoms with E-state index in [1.807, 2.05) is 0 Å². The summed E-state index contributed by atoms with van der Waals surface area (Å²) in [6.07, 6.45) is 4.95. The number of hydrogen-bond donors (Lipinski definition) is 2. The lowest BCUT2D eigenvalue weighted by molar-refractivity contribution is 0.111. The molecule has 2 fully saturated rings. The fourth-order valence-electron chi connectivity index (χ4n) is 3.39. The van der Waals surface area contributed by atoms with Crippen molar-refractivity contribution >= 4 is 0 Å². The van der Waals surface area contributed by atoms with Gasteiger partial charge in [-0.2, -0.15) is 0 Å². The van der Waals surface area contributed by atoms with E-state index >= 15 is 0 Å². The summed E-state index contributed by atoms with van der Waals surface area (Å²) in [6, 6.07) is 2.89. The average Bonchev–Trinajstić information content (AvgIpc) is 2.42. The van der Waals surface area contributed by atoms with Gasteiger partial charge in [-0.05, 0) is 66.8 Å². The summed E-state index contributed by atoms with van der Waals surface area (Å²) in [5, 5.41) is 0. The minimum atomic E-state index is 0.411. The van der Waals surface area contributed by atoms with E-state index in [1.165, 1.54) is 32.2 Å². The van der Waals surface area contributed by atoms with Crippen LogP contribution in [0.25, 0.3) is 0 Å². The van der Waals surface area contributed by atoms with Gasteiger partial charge in [-0.25, -0.2) is 0 Å². The smallest absolute Gasteiger partial charge is 0.0168 e. The second-order valence-electron chi connectivity index (χ2n) is 7.47. The van der Waals surface area contributed by atoms with E-state index in [0.29, 0.717) is 24.2 Å². The molecule has 3 atom stereocenters. The van der Waals surface area contributed by atoms with Crippen molar-refractivity contribution in [1.29, 1.82) is 0 Å². The van der Waals surface area contributed by atoms with Gasteiger partial charge in [0.2, 0.25) is 0 Å². The van der Waals surface area contributed by atoms with Crippen molar-refractivity contribution in [2.24, 2.45) is 11.5 Å². The summed E-state index contributed by atoms with van der Waals surface area (Å²) in [6.45, 7) is 14.7. The normalized spacial score (nSPS) is 32.1. The molecule has 0 saturated carbocycles. The molecule has 0 spiro atoms. The summed E-state index contributed by atoms with van der Waals surface area (Å²) < 4.78 is 0. The fraction of sp³-hybridized carbons (Fsp3) is 1.00. The molecule has 126 valence electrons. The highest BCUT2D eigenvalue weighted by atomic mass is 15.2. The maximum absolute atomic E-state index is 5.88. The molecule has 2 heterocycles. The van der Waals surface area contributed by atoms with Crippen molar-refractivity contribution in [2.45, 2.75) is 90.5 Å². The van der Waals surface area contributed by atoms with Crippen LogP contribution in [0.5, 0.6) is 0 Å². The molecule has 2 saturated heterocycles. The van der Waals surface area contributed by atoms with Crippen LogP contribution in [0.3, 0.4) is 0 Å². The Hall–Kier alpha value is -0.160. The quantitative estimate of drug-likeness (QED) is 0.819. The lowest BCUT2D eigenvalue weighted by Gasteiger charge is -2.39. The van der Waals surface area contributed by atoms with Gasteiger partial charge in [0.1, 0.15) is 0 Å². The molecule has 21 heavy (non-hydrogen) atoms. The highest BCUT2D eigenvalue weighted by Crippen LogP contribution is 2.17. The van der Waals surface area contributed by atoms with Crippen LogP contribution in [0.2, 0.25) is 0 Å². The van der Waals surface area contributed by atoms with E-state index in [2.05, 4.69) is 44.4 Å². The SMILES string of the molecule is CC(C)N1CC(N)CCC1C.CC(C)N1CCCC(N)C1. The molecule has 0 bridgehead atoms. The van der Waals surface area contributed by atoms with Crippen molar-refractivity contribution < 1.29 is 0 Å². The van der Waals surface area contributed by atoms with Gasteiger partial charge in [-0.15, -0.1) is 0 Å². The number of nitrogens with two attached hydrogens (primary N) is 2. The third-order valence-electron chi connectivity index (χ3n) is 4.85. The van der Waals surface area contributed by atoms with Gasteiger partial charge in [-0.3, -0.25) is 9.80 Å². The lowest BCUT2D eigenvalue weighted by Crippen LogP contribution is -2.50. The van der Waals surface area contributed by atoms with Crippen molar-refractivity contribution in [3.8, 4) is 0 Å². The predicted molar refractivity (Wildman–Crippen MR) is 92.4 cm³/mol. The van der Waals surface area contributed by atoms with Crippen LogP contribution < -0.4 is 11.5 Å². The summed E-state index contributed by atoms with van der Waals surface area (Å²) in [7, 11) is 0. The fourth-order valence-corrected chi connectivity index (χ4v) is 3.39. The van der Waals surface area contributed by atoms with E-state index in [4.69, 9.17) is 11.5 Å². The van der Waals surface area contributed by atoms with E-state index in [9.17, 15) is 0 Å². The molecule has 2 aliphatic rings. The predicted octanol–water partition coefficient (Wildman–Crippen LogP) is 2.02. The van der Waals surface area contributed by atoms with Gasteiger partial charge >= 0.3 is 0 Å². The summed E-state index contributed by atoms with van der Waals surface area (Å²) in [5.74, 6) is 0. The third kappa shape index (κ3) is 6.64. The van der Waals surface area contributed by atoms with Crippen LogP contribution in [0, 0.1) is 0 Å². The Morgan fingerprint density at radius 1 is 0.857 bits per heavy atom. The Balaban J connectivity index is 0.000000211. The van der Waals surface area contributed by atoms with Crippen LogP contribution in [0.1, 0.15) is 60.3 Å². The zero-order valence-corrected chi connectivity index (χ0v) is 14.9. The second kappa shape index (κ2) is 9.09. The molecule has 4 N–H and O–H groups in total. The molecule has 2 rings (SSSR count). The van der Waals surface area contributed by atoms with Crippen LogP contribution in [0.15, 0.2) is 0 Å². The Kier molecular flexibility index (Phi) is 8.17. The summed E-state index contributed by atoms with van der Waals surface area (Å²) >= 11 is 0. The lowest BCUT2D eigenvalue weighted by atomic mass is 9.99. The highest BCUT2D eigenvalue weighted by Gasteiger charge is 2.24. The van der Waals surface area contributed by atoms with E-state index in [0.717, 1.165) is 19.1 Å². The molecular weight excluding hydrogens is 260 g/mol. The Morgan fingerprint density at radius 2 is 1.48 bits per heavy atom.